The normalized spacial score (nSPS) is 17.6. The van der Waals surface area contributed by atoms with Gasteiger partial charge in [-0.25, -0.2) is 4.90 Å². The van der Waals surface area contributed by atoms with Crippen LogP contribution in [0.2, 0.25) is 5.02 Å². The van der Waals surface area contributed by atoms with Crippen molar-refractivity contribution < 1.29 is 19.4 Å². The van der Waals surface area contributed by atoms with Crippen molar-refractivity contribution >= 4 is 34.7 Å². The Labute approximate surface area is 186 Å². The number of benzene rings is 2. The number of imide groups is 1. The Morgan fingerprint density at radius 3 is 2.16 bits per heavy atom. The second kappa shape index (κ2) is 9.09. The van der Waals surface area contributed by atoms with Crippen molar-refractivity contribution in [2.24, 2.45) is 0 Å². The molecule has 4 rings (SSSR count). The van der Waals surface area contributed by atoms with Crippen LogP contribution < -0.4 is 9.64 Å². The SMILES string of the molecule is COc1ccc(N2C(=O)C(c3ccc(Cl)cc3)=C(N3CCN(CCO)CC3)C2=O)cc1. The van der Waals surface area contributed by atoms with Crippen LogP contribution in [0.4, 0.5) is 5.69 Å². The van der Waals surface area contributed by atoms with E-state index < -0.39 is 0 Å². The van der Waals surface area contributed by atoms with E-state index in [1.54, 1.807) is 55.6 Å². The third-order valence-electron chi connectivity index (χ3n) is 5.63. The first-order chi connectivity index (χ1) is 15.0. The number of hydrogen-bond donors (Lipinski definition) is 1. The van der Waals surface area contributed by atoms with Gasteiger partial charge in [-0.15, -0.1) is 0 Å². The third kappa shape index (κ3) is 4.17. The molecule has 7 nitrogen and oxygen atoms in total. The van der Waals surface area contributed by atoms with E-state index in [2.05, 4.69) is 4.90 Å². The van der Waals surface area contributed by atoms with E-state index in [1.165, 1.54) is 4.90 Å². The molecule has 0 bridgehead atoms. The average Bonchev–Trinajstić information content (AvgIpc) is 3.05. The molecular weight excluding hydrogens is 418 g/mol. The van der Waals surface area contributed by atoms with Crippen LogP contribution in [-0.2, 0) is 9.59 Å². The Bertz CT molecular complexity index is 996. The van der Waals surface area contributed by atoms with Gasteiger partial charge in [0, 0.05) is 37.7 Å². The number of rotatable bonds is 6. The Morgan fingerprint density at radius 1 is 0.935 bits per heavy atom. The van der Waals surface area contributed by atoms with Gasteiger partial charge in [-0.1, -0.05) is 23.7 Å². The number of hydrogen-bond acceptors (Lipinski definition) is 6. The van der Waals surface area contributed by atoms with E-state index in [0.717, 1.165) is 0 Å². The van der Waals surface area contributed by atoms with Crippen LogP contribution in [0.1, 0.15) is 5.56 Å². The zero-order chi connectivity index (χ0) is 22.0. The molecule has 2 amide bonds. The molecule has 2 heterocycles. The average molecular weight is 442 g/mol. The summed E-state index contributed by atoms with van der Waals surface area (Å²) in [6.07, 6.45) is 0. The van der Waals surface area contributed by atoms with Gasteiger partial charge in [0.2, 0.25) is 0 Å². The first-order valence-electron chi connectivity index (χ1n) is 10.1. The maximum Gasteiger partial charge on any atom is 0.282 e. The lowest BCUT2D eigenvalue weighted by Crippen LogP contribution is -2.48. The summed E-state index contributed by atoms with van der Waals surface area (Å²) in [7, 11) is 1.57. The lowest BCUT2D eigenvalue weighted by Gasteiger charge is -2.36. The molecule has 0 spiro atoms. The molecule has 2 aliphatic heterocycles. The molecule has 0 aromatic heterocycles. The van der Waals surface area contributed by atoms with Gasteiger partial charge < -0.3 is 14.7 Å². The Kier molecular flexibility index (Phi) is 6.27. The summed E-state index contributed by atoms with van der Waals surface area (Å²) in [4.78, 5) is 32.3. The minimum Gasteiger partial charge on any atom is -0.497 e. The molecule has 1 saturated heterocycles. The number of methoxy groups -OCH3 is 1. The molecule has 162 valence electrons. The first-order valence-corrected chi connectivity index (χ1v) is 10.5. The Balaban J connectivity index is 1.71. The summed E-state index contributed by atoms with van der Waals surface area (Å²) in [6, 6.07) is 13.8. The van der Waals surface area contributed by atoms with Gasteiger partial charge in [-0.2, -0.15) is 0 Å². The molecule has 8 heteroatoms. The molecular formula is C23H24ClN3O4. The number of anilines is 1. The summed E-state index contributed by atoms with van der Waals surface area (Å²) >= 11 is 6.04. The van der Waals surface area contributed by atoms with Gasteiger partial charge in [-0.05, 0) is 42.0 Å². The van der Waals surface area contributed by atoms with Gasteiger partial charge in [-0.3, -0.25) is 14.5 Å². The zero-order valence-electron chi connectivity index (χ0n) is 17.3. The molecule has 0 unspecified atom stereocenters. The van der Waals surface area contributed by atoms with E-state index in [9.17, 15) is 14.7 Å². The smallest absolute Gasteiger partial charge is 0.282 e. The van der Waals surface area contributed by atoms with Crippen LogP contribution in [0.15, 0.2) is 54.2 Å². The Hall–Kier alpha value is -2.87. The second-order valence-corrected chi connectivity index (χ2v) is 7.86. The number of halogens is 1. The van der Waals surface area contributed by atoms with Gasteiger partial charge in [0.15, 0.2) is 0 Å². The molecule has 1 N–H and O–H groups in total. The molecule has 2 aliphatic rings. The molecule has 31 heavy (non-hydrogen) atoms. The van der Waals surface area contributed by atoms with Crippen molar-refractivity contribution in [3.8, 4) is 5.75 Å². The summed E-state index contributed by atoms with van der Waals surface area (Å²) in [5, 5.41) is 9.76. The molecule has 1 fully saturated rings. The number of aliphatic hydroxyl groups excluding tert-OH is 1. The monoisotopic (exact) mass is 441 g/mol. The summed E-state index contributed by atoms with van der Waals surface area (Å²) in [6.45, 7) is 3.32. The maximum atomic E-state index is 13.5. The molecule has 0 atom stereocenters. The topological polar surface area (TPSA) is 73.3 Å². The van der Waals surface area contributed by atoms with E-state index in [-0.39, 0.29) is 18.4 Å². The number of ether oxygens (including phenoxy) is 1. The number of β-amino-alcohol motifs (C(OH)–C–C–N with tert-alkyl or cyclic N) is 1. The zero-order valence-corrected chi connectivity index (χ0v) is 18.0. The van der Waals surface area contributed by atoms with Gasteiger partial charge in [0.1, 0.15) is 11.4 Å². The first kappa shape index (κ1) is 21.4. The van der Waals surface area contributed by atoms with Gasteiger partial charge in [0.25, 0.3) is 11.8 Å². The second-order valence-electron chi connectivity index (χ2n) is 7.43. The van der Waals surface area contributed by atoms with Gasteiger partial charge in [0.05, 0.1) is 25.0 Å². The summed E-state index contributed by atoms with van der Waals surface area (Å²) in [5.41, 5.74) is 1.95. The molecule has 0 saturated carbocycles. The van der Waals surface area contributed by atoms with Crippen molar-refractivity contribution in [2.75, 3.05) is 51.3 Å². The van der Waals surface area contributed by atoms with Crippen molar-refractivity contribution in [2.45, 2.75) is 0 Å². The van der Waals surface area contributed by atoms with Crippen LogP contribution in [0.5, 0.6) is 5.75 Å². The van der Waals surface area contributed by atoms with Gasteiger partial charge >= 0.3 is 0 Å². The van der Waals surface area contributed by atoms with Crippen molar-refractivity contribution in [1.29, 1.82) is 0 Å². The minimum atomic E-state index is -0.356. The number of amides is 2. The highest BCUT2D eigenvalue weighted by Crippen LogP contribution is 2.36. The highest BCUT2D eigenvalue weighted by Gasteiger charge is 2.43. The quantitative estimate of drug-likeness (QED) is 0.693. The number of carbonyl (C=O) groups is 2. The van der Waals surface area contributed by atoms with E-state index in [1.807, 2.05) is 4.90 Å². The molecule has 0 aliphatic carbocycles. The number of aliphatic hydroxyl groups is 1. The fourth-order valence-electron chi connectivity index (χ4n) is 3.99. The summed E-state index contributed by atoms with van der Waals surface area (Å²) < 4.78 is 5.19. The number of carbonyl (C=O) groups excluding carboxylic acids is 2. The maximum absolute atomic E-state index is 13.5. The lowest BCUT2D eigenvalue weighted by molar-refractivity contribution is -0.120. The van der Waals surface area contributed by atoms with Crippen LogP contribution in [0, 0.1) is 0 Å². The van der Waals surface area contributed by atoms with E-state index in [0.29, 0.717) is 66.0 Å². The van der Waals surface area contributed by atoms with Crippen molar-refractivity contribution in [3.63, 3.8) is 0 Å². The standard InChI is InChI=1S/C23H24ClN3O4/c1-31-19-8-6-18(7-9-19)27-22(29)20(16-2-4-17(24)5-3-16)21(23(27)30)26-12-10-25(11-13-26)14-15-28/h2-9,28H,10-15H2,1H3. The van der Waals surface area contributed by atoms with E-state index >= 15 is 0 Å². The predicted octanol–water partition coefficient (Wildman–Crippen LogP) is 2.24. The highest BCUT2D eigenvalue weighted by atomic mass is 35.5. The van der Waals surface area contributed by atoms with Crippen molar-refractivity contribution in [3.05, 3.63) is 64.8 Å². The number of piperazine rings is 1. The van der Waals surface area contributed by atoms with Crippen LogP contribution in [-0.4, -0.2) is 73.2 Å². The third-order valence-corrected chi connectivity index (χ3v) is 5.88. The predicted molar refractivity (Wildman–Crippen MR) is 119 cm³/mol. The molecule has 2 aromatic carbocycles. The van der Waals surface area contributed by atoms with Crippen LogP contribution >= 0.6 is 11.6 Å². The highest BCUT2D eigenvalue weighted by molar-refractivity contribution is 6.45. The number of nitrogens with zero attached hydrogens (tertiary/aromatic N) is 3. The van der Waals surface area contributed by atoms with Crippen LogP contribution in [0.25, 0.3) is 5.57 Å². The summed E-state index contributed by atoms with van der Waals surface area (Å²) in [5.74, 6) is -0.0463. The minimum absolute atomic E-state index is 0.0986. The van der Waals surface area contributed by atoms with E-state index in [4.69, 9.17) is 16.3 Å². The van der Waals surface area contributed by atoms with Crippen LogP contribution in [0.3, 0.4) is 0 Å². The fraction of sp³-hybridized carbons (Fsp3) is 0.304. The fourth-order valence-corrected chi connectivity index (χ4v) is 4.12. The molecule has 2 aromatic rings. The lowest BCUT2D eigenvalue weighted by atomic mass is 10.0. The molecule has 0 radical (unpaired) electrons. The largest absolute Gasteiger partial charge is 0.497 e. The van der Waals surface area contributed by atoms with Crippen molar-refractivity contribution in [1.82, 2.24) is 9.80 Å². The Morgan fingerprint density at radius 2 is 1.58 bits per heavy atom.